The van der Waals surface area contributed by atoms with Crippen LogP contribution in [0.4, 0.5) is 0 Å². The van der Waals surface area contributed by atoms with Gasteiger partial charge in [0.2, 0.25) is 11.1 Å². The van der Waals surface area contributed by atoms with Crippen molar-refractivity contribution in [2.45, 2.75) is 23.9 Å². The van der Waals surface area contributed by atoms with Crippen LogP contribution in [-0.4, -0.2) is 43.3 Å². The highest BCUT2D eigenvalue weighted by Crippen LogP contribution is 2.21. The molecule has 0 aliphatic heterocycles. The second-order valence-corrected chi connectivity index (χ2v) is 5.83. The summed E-state index contributed by atoms with van der Waals surface area (Å²) >= 11 is 1.36. The average molecular weight is 291 g/mol. The third-order valence-electron chi connectivity index (χ3n) is 2.85. The van der Waals surface area contributed by atoms with Crippen LogP contribution in [0.2, 0.25) is 0 Å². The molecule has 0 unspecified atom stereocenters. The Morgan fingerprint density at radius 1 is 1.40 bits per heavy atom. The van der Waals surface area contributed by atoms with Gasteiger partial charge in [-0.1, -0.05) is 42.1 Å². The number of aromatic nitrogens is 4. The van der Waals surface area contributed by atoms with E-state index in [-0.39, 0.29) is 11.2 Å². The van der Waals surface area contributed by atoms with E-state index in [1.54, 1.807) is 23.7 Å². The summed E-state index contributed by atoms with van der Waals surface area (Å²) in [5.74, 6) is 0.0573. The summed E-state index contributed by atoms with van der Waals surface area (Å²) < 4.78 is 1.56. The number of benzene rings is 1. The molecule has 2 rings (SSSR count). The zero-order valence-electron chi connectivity index (χ0n) is 11.7. The Morgan fingerprint density at radius 3 is 2.70 bits per heavy atom. The van der Waals surface area contributed by atoms with Crippen molar-refractivity contribution in [2.24, 2.45) is 7.05 Å². The van der Waals surface area contributed by atoms with Crippen molar-refractivity contribution in [3.8, 4) is 0 Å². The number of hydrogen-bond donors (Lipinski definition) is 0. The molecule has 0 aliphatic carbocycles. The third-order valence-corrected chi connectivity index (χ3v) is 3.96. The smallest absolute Gasteiger partial charge is 0.235 e. The van der Waals surface area contributed by atoms with E-state index < -0.39 is 0 Å². The molecule has 1 aromatic carbocycles. The summed E-state index contributed by atoms with van der Waals surface area (Å²) in [6.45, 7) is 2.46. The maximum Gasteiger partial charge on any atom is 0.235 e. The van der Waals surface area contributed by atoms with Crippen molar-refractivity contribution in [1.82, 2.24) is 25.1 Å². The SMILES string of the molecule is C[C@@H](Sc1nnnn1C)C(=O)N(C)Cc1ccccc1. The van der Waals surface area contributed by atoms with Gasteiger partial charge >= 0.3 is 0 Å². The van der Waals surface area contributed by atoms with Gasteiger partial charge in [0.1, 0.15) is 0 Å². The summed E-state index contributed by atoms with van der Waals surface area (Å²) in [5, 5.41) is 11.6. The summed E-state index contributed by atoms with van der Waals surface area (Å²) in [5.41, 5.74) is 1.11. The molecule has 1 aromatic heterocycles. The molecule has 0 saturated heterocycles. The van der Waals surface area contributed by atoms with Crippen LogP contribution in [0.1, 0.15) is 12.5 Å². The Hall–Kier alpha value is -1.89. The van der Waals surface area contributed by atoms with Gasteiger partial charge in [-0.05, 0) is 22.9 Å². The van der Waals surface area contributed by atoms with Crippen molar-refractivity contribution >= 4 is 17.7 Å². The Labute approximate surface area is 122 Å². The lowest BCUT2D eigenvalue weighted by molar-refractivity contribution is -0.129. The fourth-order valence-corrected chi connectivity index (χ4v) is 2.64. The number of aryl methyl sites for hydroxylation is 1. The van der Waals surface area contributed by atoms with Crippen molar-refractivity contribution in [3.63, 3.8) is 0 Å². The number of nitrogens with zero attached hydrogens (tertiary/aromatic N) is 5. The molecule has 0 aliphatic rings. The molecule has 1 amide bonds. The number of rotatable bonds is 5. The number of amides is 1. The number of tetrazole rings is 1. The first-order chi connectivity index (χ1) is 9.58. The molecule has 1 heterocycles. The van der Waals surface area contributed by atoms with Crippen LogP contribution in [0, 0.1) is 0 Å². The minimum atomic E-state index is -0.228. The van der Waals surface area contributed by atoms with Crippen LogP contribution in [0.25, 0.3) is 0 Å². The predicted molar refractivity (Wildman–Crippen MR) is 77.0 cm³/mol. The van der Waals surface area contributed by atoms with Crippen LogP contribution in [-0.2, 0) is 18.4 Å². The minimum Gasteiger partial charge on any atom is -0.340 e. The molecule has 0 bridgehead atoms. The first-order valence-corrected chi connectivity index (χ1v) is 7.14. The quantitative estimate of drug-likeness (QED) is 0.778. The Morgan fingerprint density at radius 2 is 2.10 bits per heavy atom. The van der Waals surface area contributed by atoms with E-state index in [9.17, 15) is 4.79 Å². The number of thioether (sulfide) groups is 1. The molecular formula is C13H17N5OS. The van der Waals surface area contributed by atoms with Gasteiger partial charge in [-0.2, -0.15) is 0 Å². The Balaban J connectivity index is 1.94. The number of carbonyl (C=O) groups excluding carboxylic acids is 1. The van der Waals surface area contributed by atoms with Crippen molar-refractivity contribution in [3.05, 3.63) is 35.9 Å². The Kier molecular flexibility index (Phi) is 4.73. The zero-order valence-corrected chi connectivity index (χ0v) is 12.5. The molecule has 1 atom stereocenters. The highest BCUT2D eigenvalue weighted by Gasteiger charge is 2.21. The summed E-state index contributed by atoms with van der Waals surface area (Å²) in [6.07, 6.45) is 0. The summed E-state index contributed by atoms with van der Waals surface area (Å²) in [4.78, 5) is 14.0. The number of carbonyl (C=O) groups is 1. The summed E-state index contributed by atoms with van der Waals surface area (Å²) in [7, 11) is 3.56. The topological polar surface area (TPSA) is 63.9 Å². The second kappa shape index (κ2) is 6.51. The lowest BCUT2D eigenvalue weighted by Crippen LogP contribution is -2.32. The molecule has 106 valence electrons. The van der Waals surface area contributed by atoms with E-state index in [0.29, 0.717) is 11.7 Å². The normalized spacial score (nSPS) is 12.2. The van der Waals surface area contributed by atoms with Crippen LogP contribution < -0.4 is 0 Å². The van der Waals surface area contributed by atoms with Gasteiger partial charge in [0.25, 0.3) is 0 Å². The summed E-state index contributed by atoms with van der Waals surface area (Å²) in [6, 6.07) is 9.92. The molecular weight excluding hydrogens is 274 g/mol. The maximum absolute atomic E-state index is 12.3. The van der Waals surface area contributed by atoms with Gasteiger partial charge in [-0.15, -0.1) is 5.10 Å². The largest absolute Gasteiger partial charge is 0.340 e. The highest BCUT2D eigenvalue weighted by molar-refractivity contribution is 8.00. The lowest BCUT2D eigenvalue weighted by atomic mass is 10.2. The van der Waals surface area contributed by atoms with E-state index in [2.05, 4.69) is 15.5 Å². The molecule has 0 fully saturated rings. The first-order valence-electron chi connectivity index (χ1n) is 6.26. The van der Waals surface area contributed by atoms with Gasteiger partial charge in [0, 0.05) is 20.6 Å². The average Bonchev–Trinajstić information content (AvgIpc) is 2.84. The van der Waals surface area contributed by atoms with Crippen LogP contribution in [0.3, 0.4) is 0 Å². The number of hydrogen-bond acceptors (Lipinski definition) is 5. The standard InChI is InChI=1S/C13H17N5OS/c1-10(20-13-14-15-16-18(13)3)12(19)17(2)9-11-7-5-4-6-8-11/h4-8,10H,9H2,1-3H3/t10-/m1/s1. The van der Waals surface area contributed by atoms with Crippen molar-refractivity contribution in [1.29, 1.82) is 0 Å². The van der Waals surface area contributed by atoms with E-state index in [4.69, 9.17) is 0 Å². The molecule has 20 heavy (non-hydrogen) atoms. The molecule has 0 saturated carbocycles. The predicted octanol–water partition coefficient (Wildman–Crippen LogP) is 1.35. The van der Waals surface area contributed by atoms with Crippen LogP contribution >= 0.6 is 11.8 Å². The fraction of sp³-hybridized carbons (Fsp3) is 0.385. The second-order valence-electron chi connectivity index (χ2n) is 4.53. The molecule has 6 nitrogen and oxygen atoms in total. The first kappa shape index (κ1) is 14.5. The van der Waals surface area contributed by atoms with E-state index >= 15 is 0 Å². The van der Waals surface area contributed by atoms with Crippen LogP contribution in [0.15, 0.2) is 35.5 Å². The van der Waals surface area contributed by atoms with Gasteiger partial charge in [0.15, 0.2) is 0 Å². The van der Waals surface area contributed by atoms with Crippen molar-refractivity contribution in [2.75, 3.05) is 7.05 Å². The molecule has 7 heteroatoms. The molecule has 2 aromatic rings. The zero-order chi connectivity index (χ0) is 14.5. The van der Waals surface area contributed by atoms with E-state index in [1.807, 2.05) is 37.3 Å². The van der Waals surface area contributed by atoms with Gasteiger partial charge in [-0.25, -0.2) is 4.68 Å². The van der Waals surface area contributed by atoms with Crippen LogP contribution in [0.5, 0.6) is 0 Å². The van der Waals surface area contributed by atoms with Crippen molar-refractivity contribution < 1.29 is 4.79 Å². The van der Waals surface area contributed by atoms with E-state index in [1.165, 1.54) is 11.8 Å². The molecule has 0 spiro atoms. The Bertz CT molecular complexity index is 571. The third kappa shape index (κ3) is 3.57. The molecule has 0 radical (unpaired) electrons. The fourth-order valence-electron chi connectivity index (χ4n) is 1.78. The van der Waals surface area contributed by atoms with Gasteiger partial charge in [-0.3, -0.25) is 4.79 Å². The monoisotopic (exact) mass is 291 g/mol. The lowest BCUT2D eigenvalue weighted by Gasteiger charge is -2.20. The maximum atomic E-state index is 12.3. The highest BCUT2D eigenvalue weighted by atomic mass is 32.2. The van der Waals surface area contributed by atoms with Gasteiger partial charge < -0.3 is 4.90 Å². The van der Waals surface area contributed by atoms with Gasteiger partial charge in [0.05, 0.1) is 5.25 Å². The molecule has 0 N–H and O–H groups in total. The van der Waals surface area contributed by atoms with E-state index in [0.717, 1.165) is 5.56 Å². The minimum absolute atomic E-state index is 0.0573.